The summed E-state index contributed by atoms with van der Waals surface area (Å²) in [7, 11) is 1.33. The van der Waals surface area contributed by atoms with Crippen molar-refractivity contribution in [3.05, 3.63) is 47.5 Å². The Labute approximate surface area is 106 Å². The second-order valence-electron chi connectivity index (χ2n) is 3.12. The number of methoxy groups -OCH3 is 1. The Morgan fingerprint density at radius 3 is 2.78 bits per heavy atom. The molecule has 1 rings (SSSR count). The molecule has 3 nitrogen and oxygen atoms in total. The van der Waals surface area contributed by atoms with Crippen molar-refractivity contribution >= 4 is 5.97 Å². The molecule has 3 heteroatoms. The largest absolute Gasteiger partial charge is 0.465 e. The van der Waals surface area contributed by atoms with Crippen molar-refractivity contribution in [1.82, 2.24) is 0 Å². The fraction of sp³-hybridized carbons (Fsp3) is 0.133. The van der Waals surface area contributed by atoms with E-state index in [9.17, 15) is 4.79 Å². The lowest BCUT2D eigenvalue weighted by atomic mass is 10.1. The smallest absolute Gasteiger partial charge is 0.339 e. The van der Waals surface area contributed by atoms with Gasteiger partial charge in [-0.3, -0.25) is 0 Å². The number of carbonyl (C=O) groups is 1. The van der Waals surface area contributed by atoms with Gasteiger partial charge < -0.3 is 9.84 Å². The molecule has 0 unspecified atom stereocenters. The van der Waals surface area contributed by atoms with E-state index in [1.807, 2.05) is 0 Å². The third-order valence-electron chi connectivity index (χ3n) is 1.97. The molecular weight excluding hydrogens is 228 g/mol. The zero-order valence-electron chi connectivity index (χ0n) is 9.93. The first kappa shape index (κ1) is 13.6. The second-order valence-corrected chi connectivity index (χ2v) is 3.12. The number of allylic oxidation sites excluding steroid dienone is 2. The van der Waals surface area contributed by atoms with Crippen LogP contribution in [-0.2, 0) is 4.74 Å². The van der Waals surface area contributed by atoms with Crippen LogP contribution in [0.15, 0.2) is 36.4 Å². The van der Waals surface area contributed by atoms with Gasteiger partial charge in [-0.05, 0) is 24.3 Å². The summed E-state index contributed by atoms with van der Waals surface area (Å²) < 4.78 is 4.66. The highest BCUT2D eigenvalue weighted by Gasteiger charge is 2.08. The molecule has 0 heterocycles. The number of hydrogen-bond acceptors (Lipinski definition) is 3. The van der Waals surface area contributed by atoms with Crippen LogP contribution in [0.5, 0.6) is 0 Å². The van der Waals surface area contributed by atoms with E-state index in [0.717, 1.165) is 0 Å². The Kier molecular flexibility index (Phi) is 5.83. The monoisotopic (exact) mass is 240 g/mol. The van der Waals surface area contributed by atoms with Crippen LogP contribution in [0.4, 0.5) is 0 Å². The van der Waals surface area contributed by atoms with Crippen molar-refractivity contribution in [3.8, 4) is 23.7 Å². The van der Waals surface area contributed by atoms with Crippen molar-refractivity contribution in [3.63, 3.8) is 0 Å². The van der Waals surface area contributed by atoms with Gasteiger partial charge in [-0.2, -0.15) is 0 Å². The van der Waals surface area contributed by atoms with Gasteiger partial charge in [0.1, 0.15) is 6.61 Å². The normalized spacial score (nSPS) is 9.00. The van der Waals surface area contributed by atoms with Crippen LogP contribution in [0.1, 0.15) is 15.9 Å². The number of rotatable bonds is 1. The standard InChI is InChI=1S/C15H12O3/c1-18-15(17)14-11-7-6-10-13(14)9-5-3-2-4-8-12-16/h2-3,6-7,10-11,16H,12H2,1H3/b3-2-. The van der Waals surface area contributed by atoms with Gasteiger partial charge in [-0.1, -0.05) is 35.8 Å². The van der Waals surface area contributed by atoms with Gasteiger partial charge in [0.2, 0.25) is 0 Å². The molecule has 0 aliphatic rings. The van der Waals surface area contributed by atoms with Crippen molar-refractivity contribution in [2.45, 2.75) is 0 Å². The Morgan fingerprint density at radius 2 is 2.06 bits per heavy atom. The van der Waals surface area contributed by atoms with E-state index in [1.165, 1.54) is 13.2 Å². The molecule has 1 N–H and O–H groups in total. The fourth-order valence-electron chi connectivity index (χ4n) is 1.19. The minimum atomic E-state index is -0.413. The third kappa shape index (κ3) is 4.17. The quantitative estimate of drug-likeness (QED) is 0.596. The molecule has 1 aromatic rings. The zero-order chi connectivity index (χ0) is 13.2. The fourth-order valence-corrected chi connectivity index (χ4v) is 1.19. The topological polar surface area (TPSA) is 46.5 Å². The van der Waals surface area contributed by atoms with Crippen molar-refractivity contribution in [2.24, 2.45) is 0 Å². The molecule has 0 aliphatic heterocycles. The SMILES string of the molecule is COC(=O)c1ccccc1C#C/C=C\C#CCO. The Hall–Kier alpha value is -2.49. The Morgan fingerprint density at radius 1 is 1.33 bits per heavy atom. The summed E-state index contributed by atoms with van der Waals surface area (Å²) in [6.07, 6.45) is 3.08. The summed E-state index contributed by atoms with van der Waals surface area (Å²) in [5.74, 6) is 10.2. The molecule has 0 fully saturated rings. The summed E-state index contributed by atoms with van der Waals surface area (Å²) >= 11 is 0. The van der Waals surface area contributed by atoms with E-state index in [2.05, 4.69) is 28.4 Å². The van der Waals surface area contributed by atoms with Crippen molar-refractivity contribution in [2.75, 3.05) is 13.7 Å². The van der Waals surface area contributed by atoms with E-state index < -0.39 is 5.97 Å². The summed E-state index contributed by atoms with van der Waals surface area (Å²) in [4.78, 5) is 11.5. The summed E-state index contributed by atoms with van der Waals surface area (Å²) in [6, 6.07) is 6.95. The maximum Gasteiger partial charge on any atom is 0.339 e. The van der Waals surface area contributed by atoms with Crippen molar-refractivity contribution < 1.29 is 14.6 Å². The first-order valence-corrected chi connectivity index (χ1v) is 5.22. The number of carbonyl (C=O) groups excluding carboxylic acids is 1. The average molecular weight is 240 g/mol. The molecule has 1 aromatic carbocycles. The van der Waals surface area contributed by atoms with Gasteiger partial charge in [0.15, 0.2) is 0 Å². The summed E-state index contributed by atoms with van der Waals surface area (Å²) in [5, 5.41) is 8.43. The van der Waals surface area contributed by atoms with Gasteiger partial charge in [-0.15, -0.1) is 0 Å². The molecule has 0 spiro atoms. The lowest BCUT2D eigenvalue weighted by molar-refractivity contribution is 0.0600. The van der Waals surface area contributed by atoms with E-state index in [4.69, 9.17) is 5.11 Å². The maximum atomic E-state index is 11.5. The van der Waals surface area contributed by atoms with Crippen LogP contribution >= 0.6 is 0 Å². The van der Waals surface area contributed by atoms with E-state index in [-0.39, 0.29) is 6.61 Å². The number of benzene rings is 1. The number of ether oxygens (including phenoxy) is 1. The van der Waals surface area contributed by atoms with Crippen LogP contribution in [0, 0.1) is 23.7 Å². The minimum Gasteiger partial charge on any atom is -0.465 e. The van der Waals surface area contributed by atoms with Gasteiger partial charge in [-0.25, -0.2) is 4.79 Å². The van der Waals surface area contributed by atoms with E-state index in [1.54, 1.807) is 30.3 Å². The molecule has 0 radical (unpaired) electrons. The number of esters is 1. The molecule has 0 bridgehead atoms. The first-order chi connectivity index (χ1) is 8.79. The molecule has 0 amide bonds. The Balaban J connectivity index is 2.88. The highest BCUT2D eigenvalue weighted by molar-refractivity contribution is 5.92. The van der Waals surface area contributed by atoms with Crippen LogP contribution in [-0.4, -0.2) is 24.8 Å². The zero-order valence-corrected chi connectivity index (χ0v) is 9.93. The number of hydrogen-bond donors (Lipinski definition) is 1. The highest BCUT2D eigenvalue weighted by Crippen LogP contribution is 2.08. The third-order valence-corrected chi connectivity index (χ3v) is 1.97. The summed E-state index contributed by atoms with van der Waals surface area (Å²) in [5.41, 5.74) is 1.03. The molecule has 0 atom stereocenters. The number of aliphatic hydroxyl groups excluding tert-OH is 1. The first-order valence-electron chi connectivity index (χ1n) is 5.22. The Bertz CT molecular complexity index is 563. The van der Waals surface area contributed by atoms with Crippen LogP contribution < -0.4 is 0 Å². The molecule has 90 valence electrons. The van der Waals surface area contributed by atoms with E-state index in [0.29, 0.717) is 11.1 Å². The van der Waals surface area contributed by atoms with E-state index >= 15 is 0 Å². The molecule has 0 aliphatic carbocycles. The van der Waals surface area contributed by atoms with Crippen LogP contribution in [0.3, 0.4) is 0 Å². The van der Waals surface area contributed by atoms with Gasteiger partial charge in [0, 0.05) is 5.56 Å². The maximum absolute atomic E-state index is 11.5. The molecule has 18 heavy (non-hydrogen) atoms. The average Bonchev–Trinajstić information content (AvgIpc) is 2.42. The van der Waals surface area contributed by atoms with Gasteiger partial charge in [0.25, 0.3) is 0 Å². The number of aliphatic hydroxyl groups is 1. The molecule has 0 aromatic heterocycles. The second kappa shape index (κ2) is 7.73. The van der Waals surface area contributed by atoms with Crippen LogP contribution in [0.2, 0.25) is 0 Å². The van der Waals surface area contributed by atoms with Crippen LogP contribution in [0.25, 0.3) is 0 Å². The highest BCUT2D eigenvalue weighted by atomic mass is 16.5. The lowest BCUT2D eigenvalue weighted by Gasteiger charge is -2.00. The predicted octanol–water partition coefficient (Wildman–Crippen LogP) is 1.38. The van der Waals surface area contributed by atoms with Crippen molar-refractivity contribution in [1.29, 1.82) is 0 Å². The minimum absolute atomic E-state index is 0.178. The summed E-state index contributed by atoms with van der Waals surface area (Å²) in [6.45, 7) is -0.178. The van der Waals surface area contributed by atoms with Gasteiger partial charge in [0.05, 0.1) is 12.7 Å². The lowest BCUT2D eigenvalue weighted by Crippen LogP contribution is -2.03. The predicted molar refractivity (Wildman–Crippen MR) is 68.7 cm³/mol. The molecule has 0 saturated carbocycles. The molecule has 0 saturated heterocycles. The molecular formula is C15H12O3. The van der Waals surface area contributed by atoms with Gasteiger partial charge >= 0.3 is 5.97 Å².